The second kappa shape index (κ2) is 10.1. The summed E-state index contributed by atoms with van der Waals surface area (Å²) in [6.07, 6.45) is -3.29. The van der Waals surface area contributed by atoms with Crippen LogP contribution in [0.25, 0.3) is 0 Å². The first-order valence-electron chi connectivity index (χ1n) is 7.23. The topological polar surface area (TPSA) is 71.7 Å². The van der Waals surface area contributed by atoms with Crippen molar-refractivity contribution in [3.05, 3.63) is 47.9 Å². The van der Waals surface area contributed by atoms with E-state index in [1.807, 2.05) is 6.92 Å². The number of hydrogen-bond donors (Lipinski definition) is 2. The lowest BCUT2D eigenvalue weighted by atomic mass is 10.2. The standard InChI is InChI=1S/C15H17F3N4O2.HI/c1-2-19-14(21-10-12-7-8-23-22-12)20-9-11-5-3-4-6-13(11)24-15(16,17)18;/h3-8H,2,9-10H2,1H3,(H2,19,20,21);1H. The van der Waals surface area contributed by atoms with Crippen LogP contribution in [-0.4, -0.2) is 24.0 Å². The number of halogens is 4. The van der Waals surface area contributed by atoms with Crippen molar-refractivity contribution in [1.29, 1.82) is 0 Å². The van der Waals surface area contributed by atoms with Crippen molar-refractivity contribution in [2.75, 3.05) is 6.54 Å². The van der Waals surface area contributed by atoms with Crippen molar-refractivity contribution in [1.82, 2.24) is 15.8 Å². The van der Waals surface area contributed by atoms with Gasteiger partial charge in [0.25, 0.3) is 0 Å². The van der Waals surface area contributed by atoms with Crippen molar-refractivity contribution in [2.24, 2.45) is 4.99 Å². The van der Waals surface area contributed by atoms with Crippen LogP contribution >= 0.6 is 24.0 Å². The maximum atomic E-state index is 12.4. The van der Waals surface area contributed by atoms with Gasteiger partial charge in [0.2, 0.25) is 0 Å². The summed E-state index contributed by atoms with van der Waals surface area (Å²) in [6.45, 7) is 2.89. The molecule has 25 heavy (non-hydrogen) atoms. The number of ether oxygens (including phenoxy) is 1. The molecule has 0 aliphatic heterocycles. The van der Waals surface area contributed by atoms with Crippen LogP contribution in [0.2, 0.25) is 0 Å². The first-order valence-corrected chi connectivity index (χ1v) is 7.23. The Bertz CT molecular complexity index is 663. The van der Waals surface area contributed by atoms with Gasteiger partial charge in [0.1, 0.15) is 17.7 Å². The molecule has 6 nitrogen and oxygen atoms in total. The van der Waals surface area contributed by atoms with Gasteiger partial charge in [0.05, 0.1) is 13.1 Å². The molecule has 0 aliphatic carbocycles. The van der Waals surface area contributed by atoms with Gasteiger partial charge in [-0.25, -0.2) is 4.99 Å². The second-order valence-electron chi connectivity index (χ2n) is 4.70. The number of nitrogens with one attached hydrogen (secondary N) is 2. The summed E-state index contributed by atoms with van der Waals surface area (Å²) in [5, 5.41) is 9.77. The molecule has 0 fully saturated rings. The van der Waals surface area contributed by atoms with Gasteiger partial charge in [-0.2, -0.15) is 0 Å². The van der Waals surface area contributed by atoms with E-state index in [2.05, 4.69) is 25.5 Å². The van der Waals surface area contributed by atoms with E-state index in [9.17, 15) is 13.2 Å². The van der Waals surface area contributed by atoms with Gasteiger partial charge in [-0.1, -0.05) is 23.4 Å². The zero-order valence-electron chi connectivity index (χ0n) is 13.3. The summed E-state index contributed by atoms with van der Waals surface area (Å²) in [4.78, 5) is 4.26. The van der Waals surface area contributed by atoms with E-state index in [1.165, 1.54) is 24.5 Å². The fourth-order valence-corrected chi connectivity index (χ4v) is 1.87. The normalized spacial score (nSPS) is 11.6. The van der Waals surface area contributed by atoms with Gasteiger partial charge in [-0.15, -0.1) is 37.1 Å². The number of benzene rings is 1. The maximum Gasteiger partial charge on any atom is 0.573 e. The van der Waals surface area contributed by atoms with Crippen LogP contribution in [0.15, 0.2) is 46.1 Å². The van der Waals surface area contributed by atoms with Crippen molar-refractivity contribution in [3.8, 4) is 5.75 Å². The van der Waals surface area contributed by atoms with Crippen molar-refractivity contribution >= 4 is 29.9 Å². The van der Waals surface area contributed by atoms with Gasteiger partial charge in [0, 0.05) is 18.2 Å². The summed E-state index contributed by atoms with van der Waals surface area (Å²) in [6, 6.07) is 7.59. The third-order valence-corrected chi connectivity index (χ3v) is 2.88. The lowest BCUT2D eigenvalue weighted by Crippen LogP contribution is -2.36. The summed E-state index contributed by atoms with van der Waals surface area (Å²) >= 11 is 0. The average Bonchev–Trinajstić information content (AvgIpc) is 3.03. The number of nitrogens with zero attached hydrogens (tertiary/aromatic N) is 2. The molecule has 10 heteroatoms. The number of alkyl halides is 3. The van der Waals surface area contributed by atoms with Gasteiger partial charge < -0.3 is 19.9 Å². The van der Waals surface area contributed by atoms with Crippen LogP contribution in [0.1, 0.15) is 18.2 Å². The molecule has 0 bridgehead atoms. The van der Waals surface area contributed by atoms with E-state index in [0.717, 1.165) is 0 Å². The molecule has 2 aromatic rings. The summed E-state index contributed by atoms with van der Waals surface area (Å²) in [5.74, 6) is 0.184. The predicted octanol–water partition coefficient (Wildman–Crippen LogP) is 3.45. The SMILES string of the molecule is CCNC(=NCc1ccccc1OC(F)(F)F)NCc1ccon1.I. The van der Waals surface area contributed by atoms with Crippen LogP contribution in [0, 0.1) is 0 Å². The molecule has 0 spiro atoms. The third kappa shape index (κ3) is 7.63. The molecule has 0 atom stereocenters. The van der Waals surface area contributed by atoms with Gasteiger partial charge in [-0.05, 0) is 13.0 Å². The Morgan fingerprint density at radius 3 is 2.64 bits per heavy atom. The van der Waals surface area contributed by atoms with Crippen molar-refractivity contribution in [3.63, 3.8) is 0 Å². The molecule has 1 aromatic heterocycles. The Morgan fingerprint density at radius 1 is 1.24 bits per heavy atom. The fourth-order valence-electron chi connectivity index (χ4n) is 1.87. The van der Waals surface area contributed by atoms with E-state index >= 15 is 0 Å². The Hall–Kier alpha value is -1.98. The zero-order chi connectivity index (χ0) is 17.4. The van der Waals surface area contributed by atoms with E-state index in [0.29, 0.717) is 30.3 Å². The lowest BCUT2D eigenvalue weighted by Gasteiger charge is -2.13. The minimum absolute atomic E-state index is 0. The molecule has 0 amide bonds. The fraction of sp³-hybridized carbons (Fsp3) is 0.333. The van der Waals surface area contributed by atoms with Gasteiger partial charge in [0.15, 0.2) is 5.96 Å². The number of aliphatic imine (C=N–C) groups is 1. The van der Waals surface area contributed by atoms with Crippen LogP contribution < -0.4 is 15.4 Å². The molecular weight excluding hydrogens is 452 g/mol. The van der Waals surface area contributed by atoms with Crippen LogP contribution in [0.5, 0.6) is 5.75 Å². The molecular formula is C15H18F3IN4O2. The zero-order valence-corrected chi connectivity index (χ0v) is 15.7. The summed E-state index contributed by atoms with van der Waals surface area (Å²) in [5.41, 5.74) is 1.01. The summed E-state index contributed by atoms with van der Waals surface area (Å²) < 4.78 is 46.0. The third-order valence-electron chi connectivity index (χ3n) is 2.88. The van der Waals surface area contributed by atoms with E-state index in [1.54, 1.807) is 12.1 Å². The number of para-hydroxylation sites is 1. The summed E-state index contributed by atoms with van der Waals surface area (Å²) in [7, 11) is 0. The molecule has 2 N–H and O–H groups in total. The monoisotopic (exact) mass is 470 g/mol. The highest BCUT2D eigenvalue weighted by Gasteiger charge is 2.31. The Balaban J connectivity index is 0.00000312. The van der Waals surface area contributed by atoms with Crippen LogP contribution in [-0.2, 0) is 13.1 Å². The smallest absolute Gasteiger partial charge is 0.405 e. The number of guanidine groups is 1. The van der Waals surface area contributed by atoms with E-state index in [4.69, 9.17) is 4.52 Å². The highest BCUT2D eigenvalue weighted by molar-refractivity contribution is 14.0. The Morgan fingerprint density at radius 2 is 2.00 bits per heavy atom. The quantitative estimate of drug-likeness (QED) is 0.385. The lowest BCUT2D eigenvalue weighted by molar-refractivity contribution is -0.274. The molecule has 0 radical (unpaired) electrons. The molecule has 1 heterocycles. The highest BCUT2D eigenvalue weighted by atomic mass is 127. The van der Waals surface area contributed by atoms with Crippen LogP contribution in [0.4, 0.5) is 13.2 Å². The number of rotatable bonds is 6. The molecule has 1 aromatic carbocycles. The average molecular weight is 470 g/mol. The van der Waals surface area contributed by atoms with E-state index in [-0.39, 0.29) is 36.3 Å². The van der Waals surface area contributed by atoms with Crippen molar-refractivity contribution < 1.29 is 22.4 Å². The molecule has 138 valence electrons. The molecule has 0 unspecified atom stereocenters. The first kappa shape index (κ1) is 21.1. The molecule has 0 saturated heterocycles. The second-order valence-corrected chi connectivity index (χ2v) is 4.70. The van der Waals surface area contributed by atoms with Crippen LogP contribution in [0.3, 0.4) is 0 Å². The van der Waals surface area contributed by atoms with Gasteiger partial charge >= 0.3 is 6.36 Å². The molecule has 2 rings (SSSR count). The molecule has 0 saturated carbocycles. The Labute approximate surface area is 159 Å². The number of hydrogen-bond acceptors (Lipinski definition) is 4. The largest absolute Gasteiger partial charge is 0.573 e. The van der Waals surface area contributed by atoms with Crippen molar-refractivity contribution in [2.45, 2.75) is 26.4 Å². The first-order chi connectivity index (χ1) is 11.5. The minimum Gasteiger partial charge on any atom is -0.405 e. The Kier molecular flexibility index (Phi) is 8.52. The van der Waals surface area contributed by atoms with Gasteiger partial charge in [-0.3, -0.25) is 0 Å². The highest BCUT2D eigenvalue weighted by Crippen LogP contribution is 2.26. The number of aromatic nitrogens is 1. The van der Waals surface area contributed by atoms with E-state index < -0.39 is 6.36 Å². The minimum atomic E-state index is -4.74. The maximum absolute atomic E-state index is 12.4. The molecule has 0 aliphatic rings. The predicted molar refractivity (Wildman–Crippen MR) is 96.7 cm³/mol.